The third kappa shape index (κ3) is 5.29. The molecule has 2 aromatic carbocycles. The van der Waals surface area contributed by atoms with E-state index in [1.54, 1.807) is 6.07 Å². The summed E-state index contributed by atoms with van der Waals surface area (Å²) in [7, 11) is -3.81. The fourth-order valence-electron chi connectivity index (χ4n) is 2.93. The number of carbonyl (C=O) groups is 1. The highest BCUT2D eigenvalue weighted by molar-refractivity contribution is 7.89. The van der Waals surface area contributed by atoms with Crippen molar-refractivity contribution in [3.05, 3.63) is 64.7 Å². The molecule has 0 saturated carbocycles. The third-order valence-corrected chi connectivity index (χ3v) is 6.18. The number of nitrogens with two attached hydrogens (primary N) is 1. The molecule has 3 N–H and O–H groups in total. The number of hydrogen-bond acceptors (Lipinski definition) is 4. The molecular formula is C19H24ClN3O3S. The van der Waals surface area contributed by atoms with Gasteiger partial charge in [0.25, 0.3) is 0 Å². The van der Waals surface area contributed by atoms with Crippen LogP contribution in [-0.2, 0) is 10.0 Å². The van der Waals surface area contributed by atoms with E-state index in [9.17, 15) is 13.2 Å². The molecule has 0 aromatic heterocycles. The van der Waals surface area contributed by atoms with Crippen LogP contribution in [0.5, 0.6) is 0 Å². The minimum atomic E-state index is -3.81. The Hall–Kier alpha value is -1.93. The topological polar surface area (TPSA) is 92.5 Å². The lowest BCUT2D eigenvalue weighted by molar-refractivity contribution is 0.1000. The minimum Gasteiger partial charge on any atom is -0.366 e. The number of sulfonamides is 1. The Morgan fingerprint density at radius 2 is 1.81 bits per heavy atom. The molecule has 0 spiro atoms. The van der Waals surface area contributed by atoms with E-state index in [1.807, 2.05) is 32.0 Å². The second-order valence-electron chi connectivity index (χ2n) is 6.00. The van der Waals surface area contributed by atoms with Crippen LogP contribution in [0.4, 0.5) is 0 Å². The van der Waals surface area contributed by atoms with Gasteiger partial charge in [-0.2, -0.15) is 0 Å². The van der Waals surface area contributed by atoms with Crippen molar-refractivity contribution in [1.82, 2.24) is 9.62 Å². The van der Waals surface area contributed by atoms with Gasteiger partial charge in [0, 0.05) is 23.2 Å². The predicted octanol–water partition coefficient (Wildman–Crippen LogP) is 2.80. The molecule has 6 nitrogen and oxygen atoms in total. The van der Waals surface area contributed by atoms with Gasteiger partial charge in [-0.05, 0) is 42.9 Å². The van der Waals surface area contributed by atoms with Crippen molar-refractivity contribution < 1.29 is 13.2 Å². The number of halogens is 1. The zero-order valence-corrected chi connectivity index (χ0v) is 16.9. The van der Waals surface area contributed by atoms with Gasteiger partial charge in [0.15, 0.2) is 0 Å². The minimum absolute atomic E-state index is 0.00347. The first-order chi connectivity index (χ1) is 12.8. The highest BCUT2D eigenvalue weighted by Crippen LogP contribution is 2.27. The lowest BCUT2D eigenvalue weighted by atomic mass is 10.1. The number of likely N-dealkylation sites (N-methyl/N-ethyl adjacent to an activating group) is 1. The van der Waals surface area contributed by atoms with Gasteiger partial charge in [-0.25, -0.2) is 13.1 Å². The summed E-state index contributed by atoms with van der Waals surface area (Å²) in [6.45, 7) is 5.65. The Morgan fingerprint density at radius 3 is 2.41 bits per heavy atom. The number of nitrogens with one attached hydrogen (secondary N) is 1. The van der Waals surface area contributed by atoms with Gasteiger partial charge in [0.1, 0.15) is 0 Å². The zero-order chi connectivity index (χ0) is 20.0. The van der Waals surface area contributed by atoms with Crippen LogP contribution >= 0.6 is 11.6 Å². The van der Waals surface area contributed by atoms with Crippen molar-refractivity contribution >= 4 is 27.5 Å². The summed E-state index contributed by atoms with van der Waals surface area (Å²) in [4.78, 5) is 13.4. The molecule has 1 unspecified atom stereocenters. The molecule has 0 bridgehead atoms. The molecule has 0 radical (unpaired) electrons. The van der Waals surface area contributed by atoms with E-state index in [-0.39, 0.29) is 23.0 Å². The van der Waals surface area contributed by atoms with E-state index in [2.05, 4.69) is 9.62 Å². The Bertz CT molecular complexity index is 899. The first-order valence-electron chi connectivity index (χ1n) is 8.68. The summed E-state index contributed by atoms with van der Waals surface area (Å²) in [5.41, 5.74) is 6.24. The second-order valence-corrected chi connectivity index (χ2v) is 8.18. The molecule has 0 saturated heterocycles. The van der Waals surface area contributed by atoms with E-state index in [0.717, 1.165) is 18.7 Å². The van der Waals surface area contributed by atoms with Gasteiger partial charge in [0.05, 0.1) is 4.90 Å². The summed E-state index contributed by atoms with van der Waals surface area (Å²) in [6.07, 6.45) is 0. The summed E-state index contributed by atoms with van der Waals surface area (Å²) in [6, 6.07) is 12.8. The molecule has 27 heavy (non-hydrogen) atoms. The Morgan fingerprint density at radius 1 is 1.15 bits per heavy atom. The van der Waals surface area contributed by atoms with Gasteiger partial charge in [-0.1, -0.05) is 49.7 Å². The van der Waals surface area contributed by atoms with Crippen LogP contribution in [0.15, 0.2) is 53.4 Å². The highest BCUT2D eigenvalue weighted by Gasteiger charge is 2.24. The first kappa shape index (κ1) is 21.4. The molecule has 1 atom stereocenters. The van der Waals surface area contributed by atoms with Gasteiger partial charge >= 0.3 is 0 Å². The Balaban J connectivity index is 2.29. The summed E-state index contributed by atoms with van der Waals surface area (Å²) >= 11 is 6.34. The quantitative estimate of drug-likeness (QED) is 0.666. The van der Waals surface area contributed by atoms with Crippen molar-refractivity contribution in [3.8, 4) is 0 Å². The molecule has 0 fully saturated rings. The van der Waals surface area contributed by atoms with E-state index in [4.69, 9.17) is 17.3 Å². The monoisotopic (exact) mass is 409 g/mol. The molecule has 0 aliphatic carbocycles. The highest BCUT2D eigenvalue weighted by atomic mass is 35.5. The summed E-state index contributed by atoms with van der Waals surface area (Å²) in [5, 5.41) is 0.587. The van der Waals surface area contributed by atoms with Crippen LogP contribution in [0.3, 0.4) is 0 Å². The number of nitrogens with zero attached hydrogens (tertiary/aromatic N) is 1. The second kappa shape index (κ2) is 9.32. The van der Waals surface area contributed by atoms with Crippen LogP contribution < -0.4 is 10.5 Å². The fourth-order valence-corrected chi connectivity index (χ4v) is 4.28. The lowest BCUT2D eigenvalue weighted by Crippen LogP contribution is -2.38. The van der Waals surface area contributed by atoms with E-state index < -0.39 is 15.9 Å². The van der Waals surface area contributed by atoms with Gasteiger partial charge in [-0.15, -0.1) is 0 Å². The molecule has 8 heteroatoms. The maximum Gasteiger partial charge on any atom is 0.248 e. The van der Waals surface area contributed by atoms with E-state index in [1.165, 1.54) is 24.3 Å². The number of hydrogen-bond donors (Lipinski definition) is 2. The number of rotatable bonds is 9. The van der Waals surface area contributed by atoms with Crippen molar-refractivity contribution in [2.45, 2.75) is 24.8 Å². The maximum atomic E-state index is 12.7. The SMILES string of the molecule is CCN(CC)C(CNS(=O)(=O)c1cccc(C(N)=O)c1)c1ccccc1Cl. The van der Waals surface area contributed by atoms with E-state index >= 15 is 0 Å². The zero-order valence-electron chi connectivity index (χ0n) is 15.4. The Kier molecular flexibility index (Phi) is 7.38. The summed E-state index contributed by atoms with van der Waals surface area (Å²) < 4.78 is 28.1. The Labute approximate surface area is 165 Å². The lowest BCUT2D eigenvalue weighted by Gasteiger charge is -2.30. The average molecular weight is 410 g/mol. The normalized spacial score (nSPS) is 12.9. The number of primary amides is 1. The molecule has 1 amide bonds. The average Bonchev–Trinajstić information content (AvgIpc) is 2.66. The largest absolute Gasteiger partial charge is 0.366 e. The molecule has 146 valence electrons. The number of amides is 1. The molecule has 2 rings (SSSR count). The van der Waals surface area contributed by atoms with Gasteiger partial charge < -0.3 is 5.73 Å². The van der Waals surface area contributed by atoms with Crippen LogP contribution in [0.1, 0.15) is 35.8 Å². The van der Waals surface area contributed by atoms with Crippen molar-refractivity contribution in [2.75, 3.05) is 19.6 Å². The molecular weight excluding hydrogens is 386 g/mol. The predicted molar refractivity (Wildman–Crippen MR) is 107 cm³/mol. The third-order valence-electron chi connectivity index (χ3n) is 4.41. The molecule has 0 aliphatic rings. The van der Waals surface area contributed by atoms with Crippen molar-refractivity contribution in [2.24, 2.45) is 5.73 Å². The van der Waals surface area contributed by atoms with Crippen molar-refractivity contribution in [1.29, 1.82) is 0 Å². The molecule has 0 heterocycles. The van der Waals surface area contributed by atoms with Crippen LogP contribution in [0, 0.1) is 0 Å². The maximum absolute atomic E-state index is 12.7. The standard InChI is InChI=1S/C19H24ClN3O3S/c1-3-23(4-2)18(16-10-5-6-11-17(16)20)13-22-27(25,26)15-9-7-8-14(12-15)19(21)24/h5-12,18,22H,3-4,13H2,1-2H3,(H2,21,24). The van der Waals surface area contributed by atoms with E-state index in [0.29, 0.717) is 5.02 Å². The number of benzene rings is 2. The molecule has 0 aliphatic heterocycles. The fraction of sp³-hybridized carbons (Fsp3) is 0.316. The number of carbonyl (C=O) groups excluding carboxylic acids is 1. The van der Waals surface area contributed by atoms with Crippen LogP contribution in [-0.4, -0.2) is 38.9 Å². The first-order valence-corrected chi connectivity index (χ1v) is 10.5. The van der Waals surface area contributed by atoms with Gasteiger partial charge in [-0.3, -0.25) is 9.69 Å². The van der Waals surface area contributed by atoms with Crippen molar-refractivity contribution in [3.63, 3.8) is 0 Å². The van der Waals surface area contributed by atoms with Crippen LogP contribution in [0.2, 0.25) is 5.02 Å². The van der Waals surface area contributed by atoms with Gasteiger partial charge in [0.2, 0.25) is 15.9 Å². The molecule has 2 aromatic rings. The summed E-state index contributed by atoms with van der Waals surface area (Å²) in [5.74, 6) is -0.677. The van der Waals surface area contributed by atoms with Crippen LogP contribution in [0.25, 0.3) is 0 Å². The smallest absolute Gasteiger partial charge is 0.248 e.